The molecule has 306 valence electrons. The average molecular weight is 777 g/mol. The molecule has 5 fully saturated rings. The molecule has 12 nitrogen and oxygen atoms in total. The SMILES string of the molecule is Nc1nn2c(c1C(=O)NC1CNC(C3CCCCCCCC3)CC1N1CCC(S(=O)(=O)N3CCOCC3)CC1)NCC(F)C2C1CCCCCCCCC1. The summed E-state index contributed by atoms with van der Waals surface area (Å²) in [5.74, 6) is 1.17. The summed E-state index contributed by atoms with van der Waals surface area (Å²) in [4.78, 5) is 16.8. The summed E-state index contributed by atoms with van der Waals surface area (Å²) < 4.78 is 51.8. The van der Waals surface area contributed by atoms with Crippen molar-refractivity contribution in [3.63, 3.8) is 0 Å². The van der Waals surface area contributed by atoms with Gasteiger partial charge in [0.15, 0.2) is 5.82 Å². The Hall–Kier alpha value is -2.00. The number of hydrogen-bond donors (Lipinski definition) is 4. The van der Waals surface area contributed by atoms with Gasteiger partial charge in [0.1, 0.15) is 17.6 Å². The molecule has 4 aliphatic heterocycles. The van der Waals surface area contributed by atoms with E-state index >= 15 is 4.39 Å². The van der Waals surface area contributed by atoms with E-state index in [9.17, 15) is 13.2 Å². The second kappa shape index (κ2) is 19.0. The quantitative estimate of drug-likeness (QED) is 0.277. The van der Waals surface area contributed by atoms with E-state index in [-0.39, 0.29) is 36.3 Å². The number of alkyl halides is 1. The van der Waals surface area contributed by atoms with Gasteiger partial charge in [0.05, 0.1) is 30.5 Å². The second-order valence-corrected chi connectivity index (χ2v) is 19.6. The Morgan fingerprint density at radius 2 is 1.37 bits per heavy atom. The van der Waals surface area contributed by atoms with Gasteiger partial charge in [-0.1, -0.05) is 83.5 Å². The highest BCUT2D eigenvalue weighted by Gasteiger charge is 2.44. The summed E-state index contributed by atoms with van der Waals surface area (Å²) in [6.45, 7) is 3.90. The monoisotopic (exact) mass is 777 g/mol. The van der Waals surface area contributed by atoms with Crippen LogP contribution in [0.15, 0.2) is 0 Å². The van der Waals surface area contributed by atoms with Gasteiger partial charge in [-0.15, -0.1) is 0 Å². The number of aromatic nitrogens is 2. The van der Waals surface area contributed by atoms with Gasteiger partial charge < -0.3 is 26.4 Å². The first-order chi connectivity index (χ1) is 26.3. The summed E-state index contributed by atoms with van der Waals surface area (Å²) in [5, 5.41) is 14.8. The lowest BCUT2D eigenvalue weighted by molar-refractivity contribution is 0.0642. The van der Waals surface area contributed by atoms with Crippen molar-refractivity contribution in [3.8, 4) is 0 Å². The van der Waals surface area contributed by atoms with E-state index < -0.39 is 27.5 Å². The zero-order chi connectivity index (χ0) is 37.5. The Morgan fingerprint density at radius 3 is 1.98 bits per heavy atom. The number of carbonyl (C=O) groups is 1. The number of ether oxygens (including phenoxy) is 1. The molecule has 54 heavy (non-hydrogen) atoms. The molecule has 5 heterocycles. The number of nitrogens with one attached hydrogen (secondary N) is 3. The molecule has 1 aromatic heterocycles. The van der Waals surface area contributed by atoms with Gasteiger partial charge in [-0.25, -0.2) is 17.5 Å². The lowest BCUT2D eigenvalue weighted by Crippen LogP contribution is -2.64. The minimum absolute atomic E-state index is 0.0614. The van der Waals surface area contributed by atoms with Crippen LogP contribution in [0.1, 0.15) is 145 Å². The fourth-order valence-electron chi connectivity index (χ4n) is 10.9. The van der Waals surface area contributed by atoms with Crippen molar-refractivity contribution >= 4 is 27.6 Å². The largest absolute Gasteiger partial charge is 0.381 e. The number of halogens is 1. The molecule has 0 spiro atoms. The number of fused-ring (bicyclic) bond motifs is 1. The molecule has 7 rings (SSSR count). The van der Waals surface area contributed by atoms with E-state index in [1.807, 2.05) is 0 Å². The maximum Gasteiger partial charge on any atom is 0.259 e. The highest BCUT2D eigenvalue weighted by atomic mass is 32.2. The minimum atomic E-state index is -3.39. The molecule has 1 aromatic rings. The maximum absolute atomic E-state index is 15.8. The number of anilines is 2. The van der Waals surface area contributed by atoms with Crippen molar-refractivity contribution in [3.05, 3.63) is 5.56 Å². The van der Waals surface area contributed by atoms with Crippen molar-refractivity contribution in [1.82, 2.24) is 29.6 Å². The summed E-state index contributed by atoms with van der Waals surface area (Å²) in [5.41, 5.74) is 6.89. The van der Waals surface area contributed by atoms with Crippen LogP contribution in [-0.2, 0) is 14.8 Å². The first-order valence-electron chi connectivity index (χ1n) is 21.9. The van der Waals surface area contributed by atoms with E-state index in [2.05, 4.69) is 25.9 Å². The molecule has 0 aromatic carbocycles. The zero-order valence-electron chi connectivity index (χ0n) is 32.7. The van der Waals surface area contributed by atoms with Gasteiger partial charge >= 0.3 is 0 Å². The number of piperidine rings is 2. The molecule has 1 amide bonds. The van der Waals surface area contributed by atoms with Gasteiger partial charge in [-0.3, -0.25) is 9.69 Å². The first kappa shape index (κ1) is 40.2. The zero-order valence-corrected chi connectivity index (χ0v) is 33.5. The van der Waals surface area contributed by atoms with E-state index in [0.29, 0.717) is 82.1 Å². The molecule has 0 radical (unpaired) electrons. The van der Waals surface area contributed by atoms with Gasteiger partial charge in [-0.05, 0) is 69.9 Å². The number of nitrogens with zero attached hydrogens (tertiary/aromatic N) is 4. The van der Waals surface area contributed by atoms with E-state index in [1.54, 1.807) is 8.99 Å². The fourth-order valence-corrected chi connectivity index (χ4v) is 12.7. The number of carbonyl (C=O) groups excluding carboxylic acids is 1. The Labute approximate surface area is 323 Å². The van der Waals surface area contributed by atoms with Crippen molar-refractivity contribution in [2.24, 2.45) is 11.8 Å². The Morgan fingerprint density at radius 1 is 0.796 bits per heavy atom. The molecule has 2 saturated carbocycles. The highest BCUT2D eigenvalue weighted by Crippen LogP contribution is 2.41. The lowest BCUT2D eigenvalue weighted by Gasteiger charge is -2.47. The summed E-state index contributed by atoms with van der Waals surface area (Å²) in [6.07, 6.45) is 21.4. The van der Waals surface area contributed by atoms with Crippen LogP contribution in [0.25, 0.3) is 0 Å². The Bertz CT molecular complexity index is 1450. The number of morpholine rings is 1. The molecule has 14 heteroatoms. The number of sulfonamides is 1. The molecular formula is C40H69FN8O4S. The number of nitrogen functional groups attached to an aromatic ring is 1. The van der Waals surface area contributed by atoms with Crippen LogP contribution in [0.5, 0.6) is 0 Å². The molecule has 0 bridgehead atoms. The van der Waals surface area contributed by atoms with E-state index in [4.69, 9.17) is 10.5 Å². The predicted octanol–water partition coefficient (Wildman–Crippen LogP) is 5.62. The normalized spacial score (nSPS) is 31.7. The fraction of sp³-hybridized carbons (Fsp3) is 0.900. The van der Waals surface area contributed by atoms with Crippen LogP contribution < -0.4 is 21.7 Å². The van der Waals surface area contributed by atoms with Crippen LogP contribution in [0, 0.1) is 11.8 Å². The third-order valence-corrected chi connectivity index (χ3v) is 16.4. The highest BCUT2D eigenvalue weighted by molar-refractivity contribution is 7.89. The molecule has 3 saturated heterocycles. The minimum Gasteiger partial charge on any atom is -0.381 e. The number of likely N-dealkylation sites (tertiary alicyclic amines) is 1. The second-order valence-electron chi connectivity index (χ2n) is 17.4. The predicted molar refractivity (Wildman–Crippen MR) is 212 cm³/mol. The number of nitrogens with two attached hydrogens (primary N) is 1. The summed E-state index contributed by atoms with van der Waals surface area (Å²) >= 11 is 0. The van der Waals surface area contributed by atoms with Gasteiger partial charge in [0.2, 0.25) is 10.0 Å². The Kier molecular flexibility index (Phi) is 14.1. The van der Waals surface area contributed by atoms with Crippen LogP contribution in [0.2, 0.25) is 0 Å². The standard InChI is InChI=1S/C40H69FN8O4S/c41-32-27-44-39-36(38(42)46-49(39)37(32)30-16-12-8-2-1-3-9-13-17-30)40(50)45-34-28-43-33(29-14-10-6-4-5-7-11-15-29)26-35(34)47-20-18-31(19-21-47)54(51,52)48-22-24-53-25-23-48/h29-35,37,43-44H,1-28H2,(H2,42,46)(H,45,50). The van der Waals surface area contributed by atoms with E-state index in [1.165, 1.54) is 83.5 Å². The number of hydrogen-bond acceptors (Lipinski definition) is 9. The Balaban J connectivity index is 1.08. The third kappa shape index (κ3) is 9.40. The number of amides is 1. The molecule has 5 unspecified atom stereocenters. The molecule has 5 N–H and O–H groups in total. The van der Waals surface area contributed by atoms with Crippen molar-refractivity contribution in [1.29, 1.82) is 0 Å². The maximum atomic E-state index is 15.8. The van der Waals surface area contributed by atoms with Crippen LogP contribution >= 0.6 is 0 Å². The smallest absolute Gasteiger partial charge is 0.259 e. The van der Waals surface area contributed by atoms with Gasteiger partial charge in [0.25, 0.3) is 5.91 Å². The first-order valence-corrected chi connectivity index (χ1v) is 23.4. The third-order valence-electron chi connectivity index (χ3n) is 14.0. The van der Waals surface area contributed by atoms with Crippen LogP contribution in [-0.4, -0.2) is 115 Å². The molecule has 5 atom stereocenters. The molecule has 2 aliphatic carbocycles. The van der Waals surface area contributed by atoms with Crippen molar-refractivity contribution < 1.29 is 22.3 Å². The van der Waals surface area contributed by atoms with Crippen LogP contribution in [0.4, 0.5) is 16.0 Å². The molecule has 6 aliphatic rings. The summed E-state index contributed by atoms with van der Waals surface area (Å²) in [7, 11) is -3.39. The average Bonchev–Trinajstić information content (AvgIpc) is 3.59. The summed E-state index contributed by atoms with van der Waals surface area (Å²) in [6, 6.07) is -0.214. The lowest BCUT2D eigenvalue weighted by atomic mass is 9.81. The van der Waals surface area contributed by atoms with E-state index in [0.717, 1.165) is 32.1 Å². The van der Waals surface area contributed by atoms with Gasteiger partial charge in [-0.2, -0.15) is 9.40 Å². The number of rotatable bonds is 7. The van der Waals surface area contributed by atoms with Crippen molar-refractivity contribution in [2.75, 3.05) is 63.5 Å². The topological polar surface area (TPSA) is 147 Å². The van der Waals surface area contributed by atoms with Crippen LogP contribution in [0.3, 0.4) is 0 Å². The molecular weight excluding hydrogens is 708 g/mol. The van der Waals surface area contributed by atoms with Crippen molar-refractivity contribution in [2.45, 2.75) is 164 Å². The van der Waals surface area contributed by atoms with Gasteiger partial charge in [0, 0.05) is 38.3 Å².